The summed E-state index contributed by atoms with van der Waals surface area (Å²) < 4.78 is 1.76. The number of rotatable bonds is 4. The van der Waals surface area contributed by atoms with Gasteiger partial charge in [-0.15, -0.1) is 0 Å². The Morgan fingerprint density at radius 1 is 1.50 bits per heavy atom. The van der Waals surface area contributed by atoms with E-state index in [1.807, 2.05) is 38.2 Å². The maximum Gasteiger partial charge on any atom is 0.314 e. The number of nitrogens with zero attached hydrogens (tertiary/aromatic N) is 2. The van der Waals surface area contributed by atoms with Crippen LogP contribution in [0.3, 0.4) is 0 Å². The standard InChI is InChI=1S/C14H16N2O2/c1-10-4-3-5-11(8-10)9-12(14(17)18)13-15-6-7-16(13)2/h3-8,12H,9H2,1-2H3,(H,17,18). The lowest BCUT2D eigenvalue weighted by molar-refractivity contribution is -0.139. The maximum atomic E-state index is 11.4. The third kappa shape index (κ3) is 2.59. The monoisotopic (exact) mass is 244 g/mol. The van der Waals surface area contributed by atoms with Crippen LogP contribution >= 0.6 is 0 Å². The molecule has 0 radical (unpaired) electrons. The van der Waals surface area contributed by atoms with Crippen LogP contribution in [0.1, 0.15) is 22.9 Å². The molecule has 0 aliphatic heterocycles. The zero-order chi connectivity index (χ0) is 13.1. The van der Waals surface area contributed by atoms with Gasteiger partial charge in [-0.1, -0.05) is 29.8 Å². The highest BCUT2D eigenvalue weighted by atomic mass is 16.4. The Bertz CT molecular complexity index is 560. The van der Waals surface area contributed by atoms with Crippen molar-refractivity contribution in [2.24, 2.45) is 7.05 Å². The van der Waals surface area contributed by atoms with Gasteiger partial charge in [0.2, 0.25) is 0 Å². The number of carboxylic acids is 1. The zero-order valence-electron chi connectivity index (χ0n) is 10.5. The van der Waals surface area contributed by atoms with Crippen LogP contribution in [0.2, 0.25) is 0 Å². The summed E-state index contributed by atoms with van der Waals surface area (Å²) in [7, 11) is 1.81. The van der Waals surface area contributed by atoms with Crippen LogP contribution in [0.4, 0.5) is 0 Å². The second-order valence-corrected chi connectivity index (χ2v) is 4.48. The number of benzene rings is 1. The highest BCUT2D eigenvalue weighted by molar-refractivity contribution is 5.75. The molecule has 1 unspecified atom stereocenters. The van der Waals surface area contributed by atoms with Crippen LogP contribution in [0, 0.1) is 6.92 Å². The van der Waals surface area contributed by atoms with Crippen molar-refractivity contribution in [3.05, 3.63) is 53.6 Å². The summed E-state index contributed by atoms with van der Waals surface area (Å²) in [6.07, 6.45) is 3.85. The van der Waals surface area contributed by atoms with Gasteiger partial charge in [0, 0.05) is 19.4 Å². The van der Waals surface area contributed by atoms with E-state index >= 15 is 0 Å². The third-order valence-electron chi connectivity index (χ3n) is 2.99. The average Bonchev–Trinajstić information content (AvgIpc) is 2.72. The van der Waals surface area contributed by atoms with E-state index in [1.165, 1.54) is 0 Å². The van der Waals surface area contributed by atoms with Gasteiger partial charge in [0.15, 0.2) is 0 Å². The molecule has 0 amide bonds. The number of aryl methyl sites for hydroxylation is 2. The minimum absolute atomic E-state index is 0.460. The molecule has 0 fully saturated rings. The van der Waals surface area contributed by atoms with Crippen molar-refractivity contribution in [1.82, 2.24) is 9.55 Å². The number of hydrogen-bond donors (Lipinski definition) is 1. The minimum atomic E-state index is -0.842. The van der Waals surface area contributed by atoms with Gasteiger partial charge in [-0.3, -0.25) is 4.79 Å². The molecule has 1 heterocycles. The Balaban J connectivity index is 2.28. The first-order valence-electron chi connectivity index (χ1n) is 5.83. The smallest absolute Gasteiger partial charge is 0.314 e. The molecule has 18 heavy (non-hydrogen) atoms. The molecule has 0 aliphatic rings. The van der Waals surface area contributed by atoms with Crippen LogP contribution in [-0.2, 0) is 18.3 Å². The van der Waals surface area contributed by atoms with E-state index in [0.29, 0.717) is 12.2 Å². The predicted molar refractivity (Wildman–Crippen MR) is 68.5 cm³/mol. The fourth-order valence-corrected chi connectivity index (χ4v) is 2.08. The van der Waals surface area contributed by atoms with Crippen LogP contribution < -0.4 is 0 Å². The normalized spacial score (nSPS) is 12.3. The Hall–Kier alpha value is -2.10. The second kappa shape index (κ2) is 5.04. The Morgan fingerprint density at radius 2 is 2.28 bits per heavy atom. The van der Waals surface area contributed by atoms with Crippen molar-refractivity contribution in [1.29, 1.82) is 0 Å². The summed E-state index contributed by atoms with van der Waals surface area (Å²) in [6, 6.07) is 7.91. The topological polar surface area (TPSA) is 55.1 Å². The van der Waals surface area contributed by atoms with Gasteiger partial charge < -0.3 is 9.67 Å². The molecule has 1 atom stereocenters. The Morgan fingerprint density at radius 3 is 2.83 bits per heavy atom. The number of carboxylic acid groups (broad SMARTS) is 1. The van der Waals surface area contributed by atoms with Crippen molar-refractivity contribution in [2.75, 3.05) is 0 Å². The first-order valence-corrected chi connectivity index (χ1v) is 5.83. The fraction of sp³-hybridized carbons (Fsp3) is 0.286. The summed E-state index contributed by atoms with van der Waals surface area (Å²) in [5.41, 5.74) is 2.15. The minimum Gasteiger partial charge on any atom is -0.481 e. The van der Waals surface area contributed by atoms with Crippen molar-refractivity contribution in [2.45, 2.75) is 19.3 Å². The van der Waals surface area contributed by atoms with Crippen LogP contribution in [-0.4, -0.2) is 20.6 Å². The summed E-state index contributed by atoms with van der Waals surface area (Å²) >= 11 is 0. The van der Waals surface area contributed by atoms with Gasteiger partial charge in [-0.2, -0.15) is 0 Å². The zero-order valence-corrected chi connectivity index (χ0v) is 10.5. The molecule has 2 rings (SSSR count). The first kappa shape index (κ1) is 12.4. The largest absolute Gasteiger partial charge is 0.481 e. The molecule has 2 aromatic rings. The van der Waals surface area contributed by atoms with E-state index in [9.17, 15) is 9.90 Å². The quantitative estimate of drug-likeness (QED) is 0.896. The predicted octanol–water partition coefficient (Wildman–Crippen LogP) is 2.14. The van der Waals surface area contributed by atoms with Gasteiger partial charge in [-0.25, -0.2) is 4.98 Å². The van der Waals surface area contributed by atoms with Crippen LogP contribution in [0.25, 0.3) is 0 Å². The number of carbonyl (C=O) groups is 1. The van der Waals surface area contributed by atoms with Crippen molar-refractivity contribution in [3.8, 4) is 0 Å². The van der Waals surface area contributed by atoms with Crippen LogP contribution in [0.15, 0.2) is 36.7 Å². The van der Waals surface area contributed by atoms with E-state index in [2.05, 4.69) is 4.98 Å². The van der Waals surface area contributed by atoms with Gasteiger partial charge in [0.25, 0.3) is 0 Å². The van der Waals surface area contributed by atoms with E-state index < -0.39 is 11.9 Å². The molecule has 0 bridgehead atoms. The summed E-state index contributed by atoms with van der Waals surface area (Å²) in [5, 5.41) is 9.35. The molecule has 1 aromatic carbocycles. The fourth-order valence-electron chi connectivity index (χ4n) is 2.08. The second-order valence-electron chi connectivity index (χ2n) is 4.48. The van der Waals surface area contributed by atoms with Crippen molar-refractivity contribution in [3.63, 3.8) is 0 Å². The highest BCUT2D eigenvalue weighted by Crippen LogP contribution is 2.20. The SMILES string of the molecule is Cc1cccc(CC(C(=O)O)c2nccn2C)c1. The summed E-state index contributed by atoms with van der Waals surface area (Å²) in [4.78, 5) is 15.5. The molecule has 0 aliphatic carbocycles. The summed E-state index contributed by atoms with van der Waals surface area (Å²) in [5.74, 6) is -0.860. The van der Waals surface area contributed by atoms with Gasteiger partial charge in [0.05, 0.1) is 0 Å². The molecule has 1 aromatic heterocycles. The lowest BCUT2D eigenvalue weighted by atomic mass is 9.97. The number of aromatic nitrogens is 2. The molecule has 4 heteroatoms. The molecular weight excluding hydrogens is 228 g/mol. The highest BCUT2D eigenvalue weighted by Gasteiger charge is 2.24. The third-order valence-corrected chi connectivity index (χ3v) is 2.99. The first-order chi connectivity index (χ1) is 8.58. The number of imidazole rings is 1. The molecule has 1 N–H and O–H groups in total. The summed E-state index contributed by atoms with van der Waals surface area (Å²) in [6.45, 7) is 2.00. The molecule has 94 valence electrons. The molecule has 4 nitrogen and oxygen atoms in total. The lowest BCUT2D eigenvalue weighted by Crippen LogP contribution is -2.18. The number of aliphatic carboxylic acids is 1. The van der Waals surface area contributed by atoms with Crippen molar-refractivity contribution >= 4 is 5.97 Å². The van der Waals surface area contributed by atoms with E-state index in [1.54, 1.807) is 17.0 Å². The van der Waals surface area contributed by atoms with Gasteiger partial charge in [-0.05, 0) is 18.9 Å². The average molecular weight is 244 g/mol. The van der Waals surface area contributed by atoms with Gasteiger partial charge >= 0.3 is 5.97 Å². The lowest BCUT2D eigenvalue weighted by Gasteiger charge is -2.12. The van der Waals surface area contributed by atoms with Crippen molar-refractivity contribution < 1.29 is 9.90 Å². The van der Waals surface area contributed by atoms with Gasteiger partial charge in [0.1, 0.15) is 11.7 Å². The maximum absolute atomic E-state index is 11.4. The number of hydrogen-bond acceptors (Lipinski definition) is 2. The molecule has 0 saturated carbocycles. The Kier molecular flexibility index (Phi) is 3.46. The van der Waals surface area contributed by atoms with E-state index in [4.69, 9.17) is 0 Å². The Labute approximate surface area is 106 Å². The molecule has 0 spiro atoms. The molecular formula is C14H16N2O2. The van der Waals surface area contributed by atoms with E-state index in [0.717, 1.165) is 11.1 Å². The van der Waals surface area contributed by atoms with Crippen LogP contribution in [0.5, 0.6) is 0 Å². The molecule has 0 saturated heterocycles. The van der Waals surface area contributed by atoms with E-state index in [-0.39, 0.29) is 0 Å².